The molecule has 2 heterocycles. The van der Waals surface area contributed by atoms with E-state index in [-0.39, 0.29) is 0 Å². The second-order valence-corrected chi connectivity index (χ2v) is 9.50. The normalized spacial score (nSPS) is 13.1. The first-order chi connectivity index (χ1) is 16.0. The molecule has 0 radical (unpaired) electrons. The molecule has 2 aromatic carbocycles. The van der Waals surface area contributed by atoms with E-state index in [1.54, 1.807) is 4.72 Å². The van der Waals surface area contributed by atoms with Gasteiger partial charge in [0.1, 0.15) is 17.0 Å². The van der Waals surface area contributed by atoms with Crippen molar-refractivity contribution in [2.75, 3.05) is 0 Å². The van der Waals surface area contributed by atoms with Gasteiger partial charge >= 0.3 is 6.18 Å². The summed E-state index contributed by atoms with van der Waals surface area (Å²) in [5.74, 6) is 0. The number of para-hydroxylation sites is 1. The van der Waals surface area contributed by atoms with Gasteiger partial charge in [-0.25, -0.2) is 8.42 Å². The third-order valence-electron chi connectivity index (χ3n) is 5.36. The van der Waals surface area contributed by atoms with Crippen molar-refractivity contribution in [2.45, 2.75) is 31.0 Å². The summed E-state index contributed by atoms with van der Waals surface area (Å²) >= 11 is 0. The number of fused-ring (bicyclic) bond motifs is 1. The largest absolute Gasteiger partial charge is 0.404 e. The maximum absolute atomic E-state index is 12.8. The number of nitrogens with one attached hydrogen (secondary N) is 1. The zero-order valence-electron chi connectivity index (χ0n) is 18.1. The highest BCUT2D eigenvalue weighted by molar-refractivity contribution is 7.89. The Labute approximate surface area is 194 Å². The van der Waals surface area contributed by atoms with Crippen LogP contribution < -0.4 is 4.72 Å². The summed E-state index contributed by atoms with van der Waals surface area (Å²) in [6, 6.07) is 17.5. The summed E-state index contributed by atoms with van der Waals surface area (Å²) in [4.78, 5) is 3.81. The Morgan fingerprint density at radius 3 is 2.38 bits per heavy atom. The Hall–Kier alpha value is -3.68. The summed E-state index contributed by atoms with van der Waals surface area (Å²) in [5, 5.41) is 10.7. The van der Waals surface area contributed by atoms with Crippen molar-refractivity contribution in [3.05, 3.63) is 78.0 Å². The fourth-order valence-corrected chi connectivity index (χ4v) is 4.83. The highest BCUT2D eigenvalue weighted by Crippen LogP contribution is 2.36. The molecule has 1 N–H and O–H groups in total. The second kappa shape index (κ2) is 8.59. The summed E-state index contributed by atoms with van der Waals surface area (Å²) in [6.45, 7) is 2.63. The van der Waals surface area contributed by atoms with Crippen LogP contribution in [0.2, 0.25) is 0 Å². The third kappa shape index (κ3) is 4.27. The van der Waals surface area contributed by atoms with E-state index in [0.717, 1.165) is 29.9 Å². The molecule has 0 amide bonds. The van der Waals surface area contributed by atoms with E-state index in [1.165, 1.54) is 12.1 Å². The van der Waals surface area contributed by atoms with Crippen molar-refractivity contribution in [1.29, 1.82) is 5.26 Å². The summed E-state index contributed by atoms with van der Waals surface area (Å²) < 4.78 is 66.8. The fourth-order valence-electron chi connectivity index (χ4n) is 3.65. The summed E-state index contributed by atoms with van der Waals surface area (Å²) in [6.07, 6.45) is -3.74. The van der Waals surface area contributed by atoms with Crippen LogP contribution in [0.25, 0.3) is 28.0 Å². The first-order valence-electron chi connectivity index (χ1n) is 10.2. The van der Waals surface area contributed by atoms with Crippen LogP contribution in [0.3, 0.4) is 0 Å². The molecule has 0 saturated heterocycles. The predicted octanol–water partition coefficient (Wildman–Crippen LogP) is 5.10. The van der Waals surface area contributed by atoms with Gasteiger partial charge in [-0.15, -0.1) is 0 Å². The molecule has 1 unspecified atom stereocenters. The number of rotatable bonds is 5. The number of aryl methyl sites for hydroxylation is 1. The number of alkyl halides is 3. The van der Waals surface area contributed by atoms with Gasteiger partial charge in [0.15, 0.2) is 0 Å². The van der Waals surface area contributed by atoms with Gasteiger partial charge in [0, 0.05) is 17.3 Å². The molecule has 0 aliphatic heterocycles. The van der Waals surface area contributed by atoms with Crippen molar-refractivity contribution in [3.63, 3.8) is 0 Å². The Kier molecular flexibility index (Phi) is 5.93. The number of pyridine rings is 1. The Bertz CT molecular complexity index is 1500. The van der Waals surface area contributed by atoms with Gasteiger partial charge in [-0.1, -0.05) is 29.8 Å². The standard InChI is InChI=1S/C24H19F3N4O2S/c1-15-8-11-22-19(12-15)20(13-28)23(31(22)17-6-4-3-5-7-17)21-10-9-18(14-29-21)34(32,33)30-16(2)24(25,26)27/h3-12,14,16,30H,1-2H3. The van der Waals surface area contributed by atoms with Crippen molar-refractivity contribution in [3.8, 4) is 23.1 Å². The van der Waals surface area contributed by atoms with Crippen LogP contribution in [0.15, 0.2) is 71.8 Å². The molecule has 4 rings (SSSR count). The van der Waals surface area contributed by atoms with E-state index in [9.17, 15) is 26.9 Å². The molecular weight excluding hydrogens is 465 g/mol. The van der Waals surface area contributed by atoms with E-state index >= 15 is 0 Å². The molecule has 34 heavy (non-hydrogen) atoms. The zero-order chi connectivity index (χ0) is 24.7. The molecule has 2 aromatic heterocycles. The lowest BCUT2D eigenvalue weighted by Gasteiger charge is -2.17. The molecule has 10 heteroatoms. The van der Waals surface area contributed by atoms with Crippen LogP contribution in [-0.4, -0.2) is 30.2 Å². The molecular formula is C24H19F3N4O2S. The van der Waals surface area contributed by atoms with E-state index in [0.29, 0.717) is 22.3 Å². The topological polar surface area (TPSA) is 87.8 Å². The Morgan fingerprint density at radius 2 is 1.79 bits per heavy atom. The average Bonchev–Trinajstić information content (AvgIpc) is 3.12. The van der Waals surface area contributed by atoms with Gasteiger partial charge in [-0.05, 0) is 50.2 Å². The quantitative estimate of drug-likeness (QED) is 0.427. The molecule has 0 bridgehead atoms. The number of benzene rings is 2. The van der Waals surface area contributed by atoms with Gasteiger partial charge < -0.3 is 4.57 Å². The molecule has 4 aromatic rings. The molecule has 0 spiro atoms. The van der Waals surface area contributed by atoms with Crippen molar-refractivity contribution < 1.29 is 21.6 Å². The summed E-state index contributed by atoms with van der Waals surface area (Å²) in [5.41, 5.74) is 3.61. The highest BCUT2D eigenvalue weighted by Gasteiger charge is 2.39. The van der Waals surface area contributed by atoms with Crippen LogP contribution in [0.5, 0.6) is 0 Å². The van der Waals surface area contributed by atoms with Crippen LogP contribution >= 0.6 is 0 Å². The second-order valence-electron chi connectivity index (χ2n) is 7.79. The maximum Gasteiger partial charge on any atom is 0.404 e. The fraction of sp³-hybridized carbons (Fsp3) is 0.167. The summed E-state index contributed by atoms with van der Waals surface area (Å²) in [7, 11) is -4.45. The van der Waals surface area contributed by atoms with Gasteiger partial charge in [-0.2, -0.15) is 23.2 Å². The SMILES string of the molecule is Cc1ccc2c(c1)c(C#N)c(-c1ccc(S(=O)(=O)NC(C)C(F)(F)F)cn1)n2-c1ccccc1. The monoisotopic (exact) mass is 484 g/mol. The number of hydrogen-bond acceptors (Lipinski definition) is 4. The molecule has 1 atom stereocenters. The predicted molar refractivity (Wildman–Crippen MR) is 122 cm³/mol. The molecule has 0 saturated carbocycles. The Morgan fingerprint density at radius 1 is 1.09 bits per heavy atom. The van der Waals surface area contributed by atoms with Crippen LogP contribution in [0.1, 0.15) is 18.1 Å². The van der Waals surface area contributed by atoms with E-state index in [4.69, 9.17) is 0 Å². The lowest BCUT2D eigenvalue weighted by Crippen LogP contribution is -2.42. The highest BCUT2D eigenvalue weighted by atomic mass is 32.2. The Balaban J connectivity index is 1.87. The lowest BCUT2D eigenvalue weighted by atomic mass is 10.1. The van der Waals surface area contributed by atoms with Crippen molar-refractivity contribution in [2.24, 2.45) is 0 Å². The zero-order valence-corrected chi connectivity index (χ0v) is 18.9. The number of aromatic nitrogens is 2. The van der Waals surface area contributed by atoms with Crippen LogP contribution in [-0.2, 0) is 10.0 Å². The van der Waals surface area contributed by atoms with Gasteiger partial charge in [0.2, 0.25) is 10.0 Å². The van der Waals surface area contributed by atoms with Crippen molar-refractivity contribution in [1.82, 2.24) is 14.3 Å². The van der Waals surface area contributed by atoms with Crippen LogP contribution in [0, 0.1) is 18.3 Å². The van der Waals surface area contributed by atoms with Gasteiger partial charge in [0.25, 0.3) is 0 Å². The molecule has 0 aliphatic rings. The molecule has 0 aliphatic carbocycles. The number of hydrogen-bond donors (Lipinski definition) is 1. The lowest BCUT2D eigenvalue weighted by molar-refractivity contribution is -0.147. The number of nitrogens with zero attached hydrogens (tertiary/aromatic N) is 3. The molecule has 0 fully saturated rings. The first kappa shape index (κ1) is 23.5. The number of sulfonamides is 1. The van der Waals surface area contributed by atoms with E-state index in [1.807, 2.05) is 60.0 Å². The minimum Gasteiger partial charge on any atom is -0.307 e. The maximum atomic E-state index is 12.8. The van der Waals surface area contributed by atoms with Gasteiger partial charge in [-0.3, -0.25) is 4.98 Å². The first-order valence-corrected chi connectivity index (χ1v) is 11.7. The molecule has 174 valence electrons. The van der Waals surface area contributed by atoms with Crippen molar-refractivity contribution >= 4 is 20.9 Å². The minimum atomic E-state index is -4.73. The number of halogens is 3. The average molecular weight is 485 g/mol. The molecule has 6 nitrogen and oxygen atoms in total. The smallest absolute Gasteiger partial charge is 0.307 e. The number of nitriles is 1. The van der Waals surface area contributed by atoms with Crippen LogP contribution in [0.4, 0.5) is 13.2 Å². The third-order valence-corrected chi connectivity index (χ3v) is 6.89. The van der Waals surface area contributed by atoms with Gasteiger partial charge in [0.05, 0.1) is 22.5 Å². The van der Waals surface area contributed by atoms with E-state index in [2.05, 4.69) is 11.1 Å². The minimum absolute atomic E-state index is 0.303. The van der Waals surface area contributed by atoms with E-state index < -0.39 is 27.1 Å².